The van der Waals surface area contributed by atoms with E-state index >= 15 is 0 Å². The summed E-state index contributed by atoms with van der Waals surface area (Å²) in [5.41, 5.74) is 6.84. The van der Waals surface area contributed by atoms with Gasteiger partial charge in [-0.1, -0.05) is 13.8 Å². The molecular formula is C14H21N5S. The zero-order valence-corrected chi connectivity index (χ0v) is 13.0. The third kappa shape index (κ3) is 3.45. The Morgan fingerprint density at radius 3 is 2.75 bits per heavy atom. The Labute approximate surface area is 123 Å². The first-order chi connectivity index (χ1) is 9.63. The van der Waals surface area contributed by atoms with Crippen molar-refractivity contribution in [3.8, 4) is 0 Å². The number of hydrogen-bond acceptors (Lipinski definition) is 6. The molecule has 0 amide bonds. The highest BCUT2D eigenvalue weighted by molar-refractivity contribution is 7.11. The highest BCUT2D eigenvalue weighted by Gasteiger charge is 2.09. The largest absolute Gasteiger partial charge is 0.383 e. The number of hydrogen-bond donors (Lipinski definition) is 2. The summed E-state index contributed by atoms with van der Waals surface area (Å²) >= 11 is 1.73. The number of rotatable bonds is 6. The number of nitrogens with one attached hydrogen (secondary N) is 1. The van der Waals surface area contributed by atoms with Gasteiger partial charge in [0.1, 0.15) is 22.5 Å². The predicted octanol–water partition coefficient (Wildman–Crippen LogP) is 2.95. The standard InChI is InChI=1S/C14H21N5S/c1-4-6-11-18-13(15)9(3)14(19-11)17-8-12-16-7-10(5-2)20-12/h7H,4-6,8H2,1-3H3,(H3,15,17,18,19). The van der Waals surface area contributed by atoms with Crippen LogP contribution in [0.25, 0.3) is 0 Å². The maximum absolute atomic E-state index is 5.94. The van der Waals surface area contributed by atoms with Crippen LogP contribution < -0.4 is 11.1 Å². The molecule has 0 saturated heterocycles. The summed E-state index contributed by atoms with van der Waals surface area (Å²) < 4.78 is 0. The first-order valence-electron chi connectivity index (χ1n) is 6.94. The Kier molecular flexibility index (Phi) is 4.89. The minimum atomic E-state index is 0.555. The van der Waals surface area contributed by atoms with Gasteiger partial charge in [0.2, 0.25) is 0 Å². The Morgan fingerprint density at radius 1 is 1.30 bits per heavy atom. The lowest BCUT2D eigenvalue weighted by molar-refractivity contribution is 0.833. The molecule has 0 aliphatic heterocycles. The number of aromatic nitrogens is 3. The Bertz CT molecular complexity index is 579. The van der Waals surface area contributed by atoms with Crippen LogP contribution in [0.2, 0.25) is 0 Å². The van der Waals surface area contributed by atoms with E-state index in [9.17, 15) is 0 Å². The maximum Gasteiger partial charge on any atom is 0.135 e. The van der Waals surface area contributed by atoms with Gasteiger partial charge in [-0.15, -0.1) is 11.3 Å². The quantitative estimate of drug-likeness (QED) is 0.855. The number of nitrogens with zero attached hydrogens (tertiary/aromatic N) is 3. The van der Waals surface area contributed by atoms with Crippen LogP contribution in [0.5, 0.6) is 0 Å². The molecule has 0 bridgehead atoms. The number of aryl methyl sites for hydroxylation is 2. The molecule has 0 aliphatic rings. The topological polar surface area (TPSA) is 76.7 Å². The van der Waals surface area contributed by atoms with Gasteiger partial charge in [0.05, 0.1) is 6.54 Å². The van der Waals surface area contributed by atoms with E-state index in [4.69, 9.17) is 5.73 Å². The van der Waals surface area contributed by atoms with Crippen molar-refractivity contribution in [1.29, 1.82) is 0 Å². The summed E-state index contributed by atoms with van der Waals surface area (Å²) in [6.45, 7) is 6.85. The molecule has 2 aromatic heterocycles. The minimum absolute atomic E-state index is 0.555. The lowest BCUT2D eigenvalue weighted by Gasteiger charge is -2.10. The lowest BCUT2D eigenvalue weighted by Crippen LogP contribution is -2.09. The Morgan fingerprint density at radius 2 is 2.10 bits per heavy atom. The van der Waals surface area contributed by atoms with Gasteiger partial charge in [0, 0.05) is 23.1 Å². The molecule has 3 N–H and O–H groups in total. The molecule has 0 unspecified atom stereocenters. The van der Waals surface area contributed by atoms with Gasteiger partial charge in [-0.05, 0) is 19.8 Å². The van der Waals surface area contributed by atoms with Gasteiger partial charge >= 0.3 is 0 Å². The summed E-state index contributed by atoms with van der Waals surface area (Å²) in [5.74, 6) is 2.17. The molecular weight excluding hydrogens is 270 g/mol. The molecule has 0 atom stereocenters. The van der Waals surface area contributed by atoms with E-state index in [-0.39, 0.29) is 0 Å². The summed E-state index contributed by atoms with van der Waals surface area (Å²) in [4.78, 5) is 14.5. The van der Waals surface area contributed by atoms with Gasteiger partial charge in [-0.2, -0.15) is 0 Å². The zero-order valence-electron chi connectivity index (χ0n) is 12.2. The third-order valence-corrected chi connectivity index (χ3v) is 4.20. The normalized spacial score (nSPS) is 10.8. The van der Waals surface area contributed by atoms with Crippen molar-refractivity contribution in [3.05, 3.63) is 27.5 Å². The highest BCUT2D eigenvalue weighted by atomic mass is 32.1. The Hall–Kier alpha value is -1.69. The summed E-state index contributed by atoms with van der Waals surface area (Å²) in [5, 5.41) is 4.39. The van der Waals surface area contributed by atoms with Crippen LogP contribution in [0.4, 0.5) is 11.6 Å². The number of thiazole rings is 1. The fourth-order valence-corrected chi connectivity index (χ4v) is 2.64. The molecule has 108 valence electrons. The summed E-state index contributed by atoms with van der Waals surface area (Å²) in [6.07, 6.45) is 4.81. The lowest BCUT2D eigenvalue weighted by atomic mass is 10.2. The molecule has 2 rings (SSSR count). The average molecular weight is 291 g/mol. The van der Waals surface area contributed by atoms with E-state index in [1.165, 1.54) is 4.88 Å². The van der Waals surface area contributed by atoms with Gasteiger partial charge in [-0.25, -0.2) is 15.0 Å². The number of nitrogen functional groups attached to an aromatic ring is 1. The molecule has 0 fully saturated rings. The van der Waals surface area contributed by atoms with E-state index in [1.807, 2.05) is 13.1 Å². The van der Waals surface area contributed by atoms with Crippen molar-refractivity contribution in [3.63, 3.8) is 0 Å². The van der Waals surface area contributed by atoms with Crippen LogP contribution in [0, 0.1) is 6.92 Å². The third-order valence-electron chi connectivity index (χ3n) is 3.06. The van der Waals surface area contributed by atoms with Gasteiger partial charge in [0.15, 0.2) is 0 Å². The van der Waals surface area contributed by atoms with Crippen LogP contribution in [0.3, 0.4) is 0 Å². The molecule has 0 aromatic carbocycles. The van der Waals surface area contributed by atoms with Crippen molar-refractivity contribution in [1.82, 2.24) is 15.0 Å². The van der Waals surface area contributed by atoms with E-state index < -0.39 is 0 Å². The molecule has 0 saturated carbocycles. The second-order valence-corrected chi connectivity index (χ2v) is 5.88. The molecule has 2 heterocycles. The van der Waals surface area contributed by atoms with Gasteiger partial charge in [0.25, 0.3) is 0 Å². The minimum Gasteiger partial charge on any atom is -0.383 e. The number of nitrogens with two attached hydrogens (primary N) is 1. The van der Waals surface area contributed by atoms with E-state index in [0.717, 1.165) is 41.5 Å². The van der Waals surface area contributed by atoms with E-state index in [1.54, 1.807) is 11.3 Å². The molecule has 0 spiro atoms. The first kappa shape index (κ1) is 14.7. The summed E-state index contributed by atoms with van der Waals surface area (Å²) in [6, 6.07) is 0. The molecule has 6 heteroatoms. The average Bonchev–Trinajstić information content (AvgIpc) is 2.89. The smallest absolute Gasteiger partial charge is 0.135 e. The molecule has 20 heavy (non-hydrogen) atoms. The zero-order chi connectivity index (χ0) is 14.5. The molecule has 0 aliphatic carbocycles. The van der Waals surface area contributed by atoms with Gasteiger partial charge < -0.3 is 11.1 Å². The van der Waals surface area contributed by atoms with Crippen LogP contribution in [-0.4, -0.2) is 15.0 Å². The fourth-order valence-electron chi connectivity index (χ4n) is 1.84. The first-order valence-corrected chi connectivity index (χ1v) is 7.76. The second-order valence-electron chi connectivity index (χ2n) is 4.68. The fraction of sp³-hybridized carbons (Fsp3) is 0.500. The number of anilines is 2. The van der Waals surface area contributed by atoms with Gasteiger partial charge in [-0.3, -0.25) is 0 Å². The van der Waals surface area contributed by atoms with Crippen LogP contribution in [0.15, 0.2) is 6.20 Å². The van der Waals surface area contributed by atoms with E-state index in [2.05, 4.69) is 34.1 Å². The monoisotopic (exact) mass is 291 g/mol. The Balaban J connectivity index is 2.11. The molecule has 0 radical (unpaired) electrons. The van der Waals surface area contributed by atoms with Crippen LogP contribution >= 0.6 is 11.3 Å². The summed E-state index contributed by atoms with van der Waals surface area (Å²) in [7, 11) is 0. The van der Waals surface area contributed by atoms with Crippen molar-refractivity contribution < 1.29 is 0 Å². The predicted molar refractivity (Wildman–Crippen MR) is 84.0 cm³/mol. The SMILES string of the molecule is CCCc1nc(N)c(C)c(NCc2ncc(CC)s2)n1. The molecule has 2 aromatic rings. The van der Waals surface area contributed by atoms with Crippen molar-refractivity contribution in [2.45, 2.75) is 46.6 Å². The van der Waals surface area contributed by atoms with Crippen LogP contribution in [-0.2, 0) is 19.4 Å². The maximum atomic E-state index is 5.94. The van der Waals surface area contributed by atoms with E-state index in [0.29, 0.717) is 12.4 Å². The van der Waals surface area contributed by atoms with Crippen molar-refractivity contribution in [2.75, 3.05) is 11.1 Å². The van der Waals surface area contributed by atoms with Crippen LogP contribution in [0.1, 0.15) is 41.5 Å². The van der Waals surface area contributed by atoms with Crippen molar-refractivity contribution >= 4 is 23.0 Å². The van der Waals surface area contributed by atoms with Crippen molar-refractivity contribution in [2.24, 2.45) is 0 Å². The second kappa shape index (κ2) is 6.65. The highest BCUT2D eigenvalue weighted by Crippen LogP contribution is 2.20. The molecule has 5 nitrogen and oxygen atoms in total.